The van der Waals surface area contributed by atoms with Crippen molar-refractivity contribution in [3.05, 3.63) is 17.3 Å². The number of nitrogens with two attached hydrogens (primary N) is 1. The van der Waals surface area contributed by atoms with Crippen molar-refractivity contribution < 1.29 is 5.11 Å². The maximum Gasteiger partial charge on any atom is 0.133 e. The minimum absolute atomic E-state index is 0.425. The van der Waals surface area contributed by atoms with Gasteiger partial charge in [-0.3, -0.25) is 4.90 Å². The summed E-state index contributed by atoms with van der Waals surface area (Å²) < 4.78 is 0. The van der Waals surface area contributed by atoms with Crippen molar-refractivity contribution in [2.75, 3.05) is 43.4 Å². The van der Waals surface area contributed by atoms with Crippen LogP contribution in [0.3, 0.4) is 0 Å². The Labute approximate surface area is 119 Å². The summed E-state index contributed by atoms with van der Waals surface area (Å²) in [5, 5.41) is 10.2. The summed E-state index contributed by atoms with van der Waals surface area (Å²) in [6.45, 7) is 7.88. The van der Waals surface area contributed by atoms with Crippen molar-refractivity contribution in [3.63, 3.8) is 0 Å². The van der Waals surface area contributed by atoms with E-state index in [-0.39, 0.29) is 0 Å². The summed E-state index contributed by atoms with van der Waals surface area (Å²) >= 11 is 5.92. The third-order valence-electron chi connectivity index (χ3n) is 3.11. The second-order valence-electron chi connectivity index (χ2n) is 5.66. The number of anilines is 2. The van der Waals surface area contributed by atoms with Crippen molar-refractivity contribution in [2.24, 2.45) is 0 Å². The van der Waals surface area contributed by atoms with Gasteiger partial charge in [-0.15, -0.1) is 0 Å². The lowest BCUT2D eigenvalue weighted by Gasteiger charge is -2.37. The smallest absolute Gasteiger partial charge is 0.133 e. The monoisotopic (exact) mass is 284 g/mol. The molecular formula is C13H21ClN4O. The Bertz CT molecular complexity index is 419. The van der Waals surface area contributed by atoms with Crippen LogP contribution in [0.5, 0.6) is 0 Å². The highest BCUT2D eigenvalue weighted by Gasteiger charge is 2.23. The third kappa shape index (κ3) is 4.23. The Morgan fingerprint density at radius 2 is 1.95 bits per heavy atom. The molecule has 106 valence electrons. The van der Waals surface area contributed by atoms with Gasteiger partial charge in [0.2, 0.25) is 0 Å². The Hall–Kier alpha value is -1.04. The summed E-state index contributed by atoms with van der Waals surface area (Å²) in [6, 6.07) is 3.49. The van der Waals surface area contributed by atoms with Gasteiger partial charge in [-0.2, -0.15) is 0 Å². The molecule has 2 rings (SSSR count). The van der Waals surface area contributed by atoms with Gasteiger partial charge in [-0.1, -0.05) is 11.6 Å². The molecule has 0 radical (unpaired) electrons. The van der Waals surface area contributed by atoms with Crippen molar-refractivity contribution in [2.45, 2.75) is 19.4 Å². The van der Waals surface area contributed by atoms with E-state index >= 15 is 0 Å². The Kier molecular flexibility index (Phi) is 4.18. The first-order valence-electron chi connectivity index (χ1n) is 6.46. The van der Waals surface area contributed by atoms with Crippen LogP contribution in [-0.2, 0) is 0 Å². The summed E-state index contributed by atoms with van der Waals surface area (Å²) in [5.74, 6) is 0.827. The first kappa shape index (κ1) is 14.4. The van der Waals surface area contributed by atoms with Gasteiger partial charge < -0.3 is 15.7 Å². The van der Waals surface area contributed by atoms with Crippen LogP contribution in [0.25, 0.3) is 0 Å². The lowest BCUT2D eigenvalue weighted by atomic mass is 10.1. The molecule has 1 saturated heterocycles. The Morgan fingerprint density at radius 3 is 2.47 bits per heavy atom. The number of hydrogen-bond acceptors (Lipinski definition) is 5. The molecule has 19 heavy (non-hydrogen) atoms. The standard InChI is InChI=1S/C13H21ClN4O/c1-13(2,19)9-17-3-5-18(6-4-17)12-8-10(15)7-11(14)16-12/h7-8,19H,3-6,9H2,1-2H3,(H2,15,16). The predicted molar refractivity (Wildman–Crippen MR) is 78.6 cm³/mol. The predicted octanol–water partition coefficient (Wildman–Crippen LogP) is 1.21. The Balaban J connectivity index is 1.96. The fourth-order valence-electron chi connectivity index (χ4n) is 2.35. The van der Waals surface area contributed by atoms with Gasteiger partial charge >= 0.3 is 0 Å². The minimum Gasteiger partial charge on any atom is -0.399 e. The zero-order chi connectivity index (χ0) is 14.0. The lowest BCUT2D eigenvalue weighted by molar-refractivity contribution is 0.0345. The molecule has 3 N–H and O–H groups in total. The molecule has 0 unspecified atom stereocenters. The van der Waals surface area contributed by atoms with Gasteiger partial charge in [0.25, 0.3) is 0 Å². The van der Waals surface area contributed by atoms with Gasteiger partial charge in [-0.05, 0) is 19.9 Å². The van der Waals surface area contributed by atoms with Crippen LogP contribution in [0.15, 0.2) is 12.1 Å². The highest BCUT2D eigenvalue weighted by Crippen LogP contribution is 2.21. The molecule has 1 fully saturated rings. The molecule has 6 heteroatoms. The van der Waals surface area contributed by atoms with Crippen LogP contribution >= 0.6 is 11.6 Å². The topological polar surface area (TPSA) is 65.6 Å². The number of halogens is 1. The molecule has 0 aliphatic carbocycles. The zero-order valence-electron chi connectivity index (χ0n) is 11.4. The molecular weight excluding hydrogens is 264 g/mol. The van der Waals surface area contributed by atoms with E-state index in [1.165, 1.54) is 0 Å². The molecule has 0 aromatic carbocycles. The number of pyridine rings is 1. The number of piperazine rings is 1. The quantitative estimate of drug-likeness (QED) is 0.817. The van der Waals surface area contributed by atoms with E-state index < -0.39 is 5.60 Å². The average Bonchev–Trinajstić information content (AvgIpc) is 2.26. The maximum atomic E-state index is 9.82. The zero-order valence-corrected chi connectivity index (χ0v) is 12.2. The number of nitrogen functional groups attached to an aromatic ring is 1. The fraction of sp³-hybridized carbons (Fsp3) is 0.615. The van der Waals surface area contributed by atoms with Gasteiger partial charge in [0.05, 0.1) is 5.60 Å². The normalized spacial score (nSPS) is 17.8. The largest absolute Gasteiger partial charge is 0.399 e. The molecule has 5 nitrogen and oxygen atoms in total. The minimum atomic E-state index is -0.652. The Morgan fingerprint density at radius 1 is 1.32 bits per heavy atom. The van der Waals surface area contributed by atoms with Crippen LogP contribution in [0.2, 0.25) is 5.15 Å². The maximum absolute atomic E-state index is 9.82. The third-order valence-corrected chi connectivity index (χ3v) is 3.30. The average molecular weight is 285 g/mol. The van der Waals surface area contributed by atoms with E-state index in [2.05, 4.69) is 14.8 Å². The number of rotatable bonds is 3. The molecule has 1 aromatic rings. The highest BCUT2D eigenvalue weighted by atomic mass is 35.5. The number of β-amino-alcohol motifs (C(OH)–C–C–N with tert-alkyl or cyclic N) is 1. The fourth-order valence-corrected chi connectivity index (χ4v) is 2.56. The SMILES string of the molecule is CC(C)(O)CN1CCN(c2cc(N)cc(Cl)n2)CC1. The molecule has 1 aromatic heterocycles. The van der Waals surface area contributed by atoms with Crippen LogP contribution in [-0.4, -0.2) is 53.3 Å². The second kappa shape index (κ2) is 5.53. The molecule has 1 aliphatic heterocycles. The van der Waals surface area contributed by atoms with Gasteiger partial charge in [0.15, 0.2) is 0 Å². The summed E-state index contributed by atoms with van der Waals surface area (Å²) in [4.78, 5) is 8.72. The number of nitrogens with zero attached hydrogens (tertiary/aromatic N) is 3. The van der Waals surface area contributed by atoms with E-state index in [0.29, 0.717) is 17.4 Å². The van der Waals surface area contributed by atoms with Gasteiger partial charge in [0, 0.05) is 44.5 Å². The molecule has 0 atom stereocenters. The number of aliphatic hydroxyl groups is 1. The van der Waals surface area contributed by atoms with Crippen molar-refractivity contribution in [1.29, 1.82) is 0 Å². The first-order valence-corrected chi connectivity index (χ1v) is 6.84. The number of hydrogen-bond donors (Lipinski definition) is 2. The van der Waals surface area contributed by atoms with E-state index in [0.717, 1.165) is 32.0 Å². The highest BCUT2D eigenvalue weighted by molar-refractivity contribution is 6.29. The molecule has 0 bridgehead atoms. The summed E-state index contributed by atoms with van der Waals surface area (Å²) in [6.07, 6.45) is 0. The van der Waals surface area contributed by atoms with Crippen molar-refractivity contribution in [3.8, 4) is 0 Å². The molecule has 0 saturated carbocycles. The first-order chi connectivity index (χ1) is 8.83. The van der Waals surface area contributed by atoms with Crippen LogP contribution < -0.4 is 10.6 Å². The van der Waals surface area contributed by atoms with Crippen molar-refractivity contribution >= 4 is 23.1 Å². The van der Waals surface area contributed by atoms with E-state index in [1.807, 2.05) is 19.9 Å². The molecule has 0 spiro atoms. The second-order valence-corrected chi connectivity index (χ2v) is 6.04. The van der Waals surface area contributed by atoms with Crippen LogP contribution in [0, 0.1) is 0 Å². The van der Waals surface area contributed by atoms with E-state index in [9.17, 15) is 5.11 Å². The van der Waals surface area contributed by atoms with Gasteiger partial charge in [-0.25, -0.2) is 4.98 Å². The van der Waals surface area contributed by atoms with E-state index in [1.54, 1.807) is 6.07 Å². The molecule has 2 heterocycles. The van der Waals surface area contributed by atoms with Crippen LogP contribution in [0.1, 0.15) is 13.8 Å². The summed E-state index contributed by atoms with van der Waals surface area (Å²) in [7, 11) is 0. The van der Waals surface area contributed by atoms with Crippen molar-refractivity contribution in [1.82, 2.24) is 9.88 Å². The molecule has 1 aliphatic rings. The number of aromatic nitrogens is 1. The molecule has 0 amide bonds. The van der Waals surface area contributed by atoms with E-state index in [4.69, 9.17) is 17.3 Å². The van der Waals surface area contributed by atoms with Crippen LogP contribution in [0.4, 0.5) is 11.5 Å². The summed E-state index contributed by atoms with van der Waals surface area (Å²) in [5.41, 5.74) is 5.76. The van der Waals surface area contributed by atoms with Gasteiger partial charge in [0.1, 0.15) is 11.0 Å². The lowest BCUT2D eigenvalue weighted by Crippen LogP contribution is -2.50.